The molecule has 122 valence electrons. The number of nitrogens with zero attached hydrogens (tertiary/aromatic N) is 1. The van der Waals surface area contributed by atoms with E-state index in [1.54, 1.807) is 0 Å². The first kappa shape index (κ1) is 16.7. The summed E-state index contributed by atoms with van der Waals surface area (Å²) in [6, 6.07) is 6.73. The maximum atomic E-state index is 6.01. The molecule has 0 bridgehead atoms. The lowest BCUT2D eigenvalue weighted by molar-refractivity contribution is 0.140. The lowest BCUT2D eigenvalue weighted by atomic mass is 9.80. The number of amidine groups is 1. The highest BCUT2D eigenvalue weighted by Gasteiger charge is 2.24. The van der Waals surface area contributed by atoms with Crippen LogP contribution in [-0.2, 0) is 15.6 Å². The quantitative estimate of drug-likeness (QED) is 0.931. The van der Waals surface area contributed by atoms with Crippen molar-refractivity contribution in [2.24, 2.45) is 10.7 Å². The van der Waals surface area contributed by atoms with E-state index in [9.17, 15) is 0 Å². The summed E-state index contributed by atoms with van der Waals surface area (Å²) in [5, 5.41) is 0. The van der Waals surface area contributed by atoms with Crippen LogP contribution in [0, 0.1) is 0 Å². The van der Waals surface area contributed by atoms with Crippen molar-refractivity contribution in [1.82, 2.24) is 0 Å². The highest BCUT2D eigenvalue weighted by atomic mass is 16.5. The first-order chi connectivity index (χ1) is 10.1. The minimum absolute atomic E-state index is 0.0165. The zero-order chi connectivity index (χ0) is 16.5. The fourth-order valence-corrected chi connectivity index (χ4v) is 2.42. The van der Waals surface area contributed by atoms with Crippen LogP contribution in [0.5, 0.6) is 5.75 Å². The van der Waals surface area contributed by atoms with Crippen LogP contribution in [-0.4, -0.2) is 25.3 Å². The van der Waals surface area contributed by atoms with Crippen molar-refractivity contribution < 1.29 is 9.47 Å². The highest BCUT2D eigenvalue weighted by molar-refractivity contribution is 5.73. The highest BCUT2D eigenvalue weighted by Crippen LogP contribution is 2.35. The van der Waals surface area contributed by atoms with Gasteiger partial charge < -0.3 is 15.2 Å². The van der Waals surface area contributed by atoms with Gasteiger partial charge in [0, 0.05) is 0 Å². The fourth-order valence-electron chi connectivity index (χ4n) is 2.42. The smallest absolute Gasteiger partial charge is 0.282 e. The average molecular weight is 304 g/mol. The van der Waals surface area contributed by atoms with Gasteiger partial charge in [-0.15, -0.1) is 0 Å². The maximum absolute atomic E-state index is 6.01. The molecule has 1 unspecified atom stereocenters. The summed E-state index contributed by atoms with van der Waals surface area (Å²) in [7, 11) is 0. The van der Waals surface area contributed by atoms with Gasteiger partial charge in [-0.3, -0.25) is 0 Å². The number of aliphatic imine (C=N–C) groups is 1. The van der Waals surface area contributed by atoms with Crippen LogP contribution >= 0.6 is 0 Å². The van der Waals surface area contributed by atoms with Crippen molar-refractivity contribution in [1.29, 1.82) is 0 Å². The van der Waals surface area contributed by atoms with Gasteiger partial charge in [0.25, 0.3) is 6.02 Å². The van der Waals surface area contributed by atoms with Crippen molar-refractivity contribution in [3.63, 3.8) is 0 Å². The van der Waals surface area contributed by atoms with Crippen LogP contribution in [0.15, 0.2) is 23.2 Å². The Balaban J connectivity index is 2.19. The van der Waals surface area contributed by atoms with Crippen LogP contribution in [0.2, 0.25) is 0 Å². The molecule has 0 amide bonds. The van der Waals surface area contributed by atoms with E-state index in [0.717, 1.165) is 5.75 Å². The largest absolute Gasteiger partial charge is 0.489 e. The van der Waals surface area contributed by atoms with Crippen molar-refractivity contribution in [2.45, 2.75) is 58.5 Å². The Hall–Kier alpha value is -1.71. The van der Waals surface area contributed by atoms with Crippen LogP contribution in [0.4, 0.5) is 0 Å². The summed E-state index contributed by atoms with van der Waals surface area (Å²) in [6.07, 6.45) is -0.0879. The predicted molar refractivity (Wildman–Crippen MR) is 90.7 cm³/mol. The molecule has 1 aliphatic heterocycles. The third-order valence-corrected chi connectivity index (χ3v) is 3.82. The summed E-state index contributed by atoms with van der Waals surface area (Å²) < 4.78 is 11.4. The van der Waals surface area contributed by atoms with E-state index < -0.39 is 0 Å². The number of ether oxygens (including phenoxy) is 2. The molecule has 0 fully saturated rings. The molecule has 22 heavy (non-hydrogen) atoms. The van der Waals surface area contributed by atoms with E-state index >= 15 is 0 Å². The molecule has 4 nitrogen and oxygen atoms in total. The lowest BCUT2D eigenvalue weighted by Gasteiger charge is -2.27. The molecule has 0 saturated carbocycles. The van der Waals surface area contributed by atoms with Gasteiger partial charge in [-0.05, 0) is 28.0 Å². The number of nitrogens with two attached hydrogens (primary N) is 1. The van der Waals surface area contributed by atoms with Gasteiger partial charge in [-0.25, -0.2) is 4.99 Å². The normalized spacial score (nSPS) is 18.8. The molecule has 1 aliphatic rings. The predicted octanol–water partition coefficient (Wildman–Crippen LogP) is 3.37. The Morgan fingerprint density at radius 3 is 2.36 bits per heavy atom. The Kier molecular flexibility index (Phi) is 4.41. The van der Waals surface area contributed by atoms with Crippen molar-refractivity contribution in [2.75, 3.05) is 13.2 Å². The molecule has 1 aromatic rings. The van der Waals surface area contributed by atoms with Gasteiger partial charge in [0.1, 0.15) is 12.4 Å². The van der Waals surface area contributed by atoms with Crippen LogP contribution in [0.3, 0.4) is 0 Å². The molecular weight excluding hydrogens is 276 g/mol. The number of benzene rings is 1. The van der Waals surface area contributed by atoms with Gasteiger partial charge in [0.05, 0.1) is 6.54 Å². The van der Waals surface area contributed by atoms with Gasteiger partial charge >= 0.3 is 0 Å². The van der Waals surface area contributed by atoms with Gasteiger partial charge in [-0.1, -0.05) is 53.7 Å². The van der Waals surface area contributed by atoms with Crippen LogP contribution < -0.4 is 10.5 Å². The minimum Gasteiger partial charge on any atom is -0.489 e. The van der Waals surface area contributed by atoms with E-state index in [-0.39, 0.29) is 23.0 Å². The summed E-state index contributed by atoms with van der Waals surface area (Å²) >= 11 is 0. The molecule has 1 aromatic carbocycles. The topological polar surface area (TPSA) is 56.8 Å². The molecular formula is C18H28N2O2. The molecule has 2 rings (SSSR count). The van der Waals surface area contributed by atoms with E-state index in [1.165, 1.54) is 11.1 Å². The van der Waals surface area contributed by atoms with Crippen LogP contribution in [0.1, 0.15) is 52.7 Å². The SMILES string of the molecule is CC(C)(C)c1ccc(OCC2CN=C(N)O2)c(C(C)(C)C)c1. The molecule has 0 aromatic heterocycles. The number of hydrogen-bond donors (Lipinski definition) is 1. The molecule has 4 heteroatoms. The Morgan fingerprint density at radius 1 is 1.18 bits per heavy atom. The molecule has 2 N–H and O–H groups in total. The number of hydrogen-bond acceptors (Lipinski definition) is 4. The zero-order valence-corrected chi connectivity index (χ0v) is 14.6. The van der Waals surface area contributed by atoms with E-state index in [2.05, 4.69) is 64.7 Å². The van der Waals surface area contributed by atoms with E-state index in [1.807, 2.05) is 0 Å². The first-order valence-electron chi connectivity index (χ1n) is 7.82. The third-order valence-electron chi connectivity index (χ3n) is 3.82. The maximum Gasteiger partial charge on any atom is 0.282 e. The summed E-state index contributed by atoms with van der Waals surface area (Å²) in [4.78, 5) is 4.04. The van der Waals surface area contributed by atoms with E-state index in [0.29, 0.717) is 13.2 Å². The third kappa shape index (κ3) is 3.93. The Labute approximate surface area is 133 Å². The summed E-state index contributed by atoms with van der Waals surface area (Å²) in [5.41, 5.74) is 8.20. The van der Waals surface area contributed by atoms with Crippen molar-refractivity contribution >= 4 is 6.02 Å². The second kappa shape index (κ2) is 5.82. The van der Waals surface area contributed by atoms with Crippen molar-refractivity contribution in [3.05, 3.63) is 29.3 Å². The molecule has 0 radical (unpaired) electrons. The summed E-state index contributed by atoms with van der Waals surface area (Å²) in [6.45, 7) is 14.3. The van der Waals surface area contributed by atoms with Gasteiger partial charge in [0.2, 0.25) is 0 Å². The monoisotopic (exact) mass is 304 g/mol. The Morgan fingerprint density at radius 2 is 1.86 bits per heavy atom. The van der Waals surface area contributed by atoms with Gasteiger partial charge in [-0.2, -0.15) is 0 Å². The second-order valence-electron chi connectivity index (χ2n) is 7.94. The standard InChI is InChI=1S/C18H28N2O2/c1-17(2,3)12-7-8-15(14(9-12)18(4,5)6)21-11-13-10-20-16(19)22-13/h7-9,13H,10-11H2,1-6H3,(H2,19,20). The molecule has 1 heterocycles. The Bertz CT molecular complexity index is 565. The van der Waals surface area contributed by atoms with Gasteiger partial charge in [0.15, 0.2) is 6.10 Å². The lowest BCUT2D eigenvalue weighted by Crippen LogP contribution is -2.25. The number of rotatable bonds is 3. The van der Waals surface area contributed by atoms with Crippen LogP contribution in [0.25, 0.3) is 0 Å². The molecule has 0 spiro atoms. The first-order valence-corrected chi connectivity index (χ1v) is 7.82. The average Bonchev–Trinajstić information content (AvgIpc) is 2.80. The fraction of sp³-hybridized carbons (Fsp3) is 0.611. The molecule has 1 atom stereocenters. The van der Waals surface area contributed by atoms with Crippen molar-refractivity contribution in [3.8, 4) is 5.75 Å². The molecule has 0 aliphatic carbocycles. The second-order valence-corrected chi connectivity index (χ2v) is 7.94. The van der Waals surface area contributed by atoms with E-state index in [4.69, 9.17) is 15.2 Å². The summed E-state index contributed by atoms with van der Waals surface area (Å²) in [5.74, 6) is 0.912. The minimum atomic E-state index is -0.0879. The molecule has 0 saturated heterocycles. The zero-order valence-electron chi connectivity index (χ0n) is 14.6.